The molecule has 0 aliphatic carbocycles. The number of nitrogens with one attached hydrogen (secondary N) is 1. The van der Waals surface area contributed by atoms with E-state index in [4.69, 9.17) is 5.11 Å². The van der Waals surface area contributed by atoms with Gasteiger partial charge in [0.1, 0.15) is 5.75 Å². The fourth-order valence-electron chi connectivity index (χ4n) is 1.41. The highest BCUT2D eigenvalue weighted by Crippen LogP contribution is 2.23. The third-order valence-corrected chi connectivity index (χ3v) is 3.89. The van der Waals surface area contributed by atoms with Crippen molar-refractivity contribution in [2.45, 2.75) is 30.6 Å². The van der Waals surface area contributed by atoms with Gasteiger partial charge in [-0.25, -0.2) is 13.1 Å². The molecular formula is C11H14F3NO4S. The van der Waals surface area contributed by atoms with Gasteiger partial charge in [0, 0.05) is 12.6 Å². The van der Waals surface area contributed by atoms with E-state index in [0.717, 1.165) is 24.3 Å². The molecular weight excluding hydrogens is 299 g/mol. The summed E-state index contributed by atoms with van der Waals surface area (Å²) >= 11 is 0. The molecule has 0 aliphatic rings. The molecule has 0 heterocycles. The van der Waals surface area contributed by atoms with Crippen molar-refractivity contribution in [1.29, 1.82) is 0 Å². The van der Waals surface area contributed by atoms with E-state index >= 15 is 0 Å². The predicted octanol–water partition coefficient (Wildman–Crippen LogP) is 1.63. The minimum atomic E-state index is -4.83. The Morgan fingerprint density at radius 2 is 1.85 bits per heavy atom. The van der Waals surface area contributed by atoms with Gasteiger partial charge in [0.15, 0.2) is 0 Å². The largest absolute Gasteiger partial charge is 0.573 e. The zero-order valence-electron chi connectivity index (χ0n) is 10.5. The molecule has 0 radical (unpaired) electrons. The van der Waals surface area contributed by atoms with Crippen molar-refractivity contribution >= 4 is 10.0 Å². The van der Waals surface area contributed by atoms with Crippen LogP contribution in [0.5, 0.6) is 5.75 Å². The molecule has 5 nitrogen and oxygen atoms in total. The van der Waals surface area contributed by atoms with Gasteiger partial charge >= 0.3 is 6.36 Å². The van der Waals surface area contributed by atoms with E-state index in [1.54, 1.807) is 6.92 Å². The second-order valence-electron chi connectivity index (χ2n) is 4.05. The summed E-state index contributed by atoms with van der Waals surface area (Å²) in [4.78, 5) is -0.184. The van der Waals surface area contributed by atoms with Crippen molar-refractivity contribution in [3.8, 4) is 5.75 Å². The van der Waals surface area contributed by atoms with Gasteiger partial charge in [-0.15, -0.1) is 13.2 Å². The molecule has 1 unspecified atom stereocenters. The maximum absolute atomic E-state index is 12.0. The first-order chi connectivity index (χ1) is 9.14. The highest BCUT2D eigenvalue weighted by Gasteiger charge is 2.31. The van der Waals surface area contributed by atoms with Gasteiger partial charge in [-0.1, -0.05) is 0 Å². The van der Waals surface area contributed by atoms with Crippen LogP contribution < -0.4 is 9.46 Å². The Bertz CT molecular complexity index is 528. The number of rotatable bonds is 6. The summed E-state index contributed by atoms with van der Waals surface area (Å²) in [5, 5.41) is 8.69. The molecule has 0 saturated heterocycles. The van der Waals surface area contributed by atoms with E-state index in [-0.39, 0.29) is 17.9 Å². The van der Waals surface area contributed by atoms with E-state index in [9.17, 15) is 21.6 Å². The third kappa shape index (κ3) is 5.35. The number of benzene rings is 1. The molecule has 0 saturated carbocycles. The molecule has 0 spiro atoms. The van der Waals surface area contributed by atoms with E-state index < -0.39 is 28.2 Å². The lowest BCUT2D eigenvalue weighted by atomic mass is 10.3. The van der Waals surface area contributed by atoms with Crippen molar-refractivity contribution < 1.29 is 31.4 Å². The van der Waals surface area contributed by atoms with Gasteiger partial charge in [0.2, 0.25) is 10.0 Å². The Labute approximate surface area is 114 Å². The standard InChI is InChI=1S/C11H14F3NO4S/c1-8(6-7-16)15-20(17,18)10-4-2-9(3-5-10)19-11(12,13)14/h2-5,8,15-16H,6-7H2,1H3. The Balaban J connectivity index is 2.82. The normalized spacial score (nSPS) is 14.1. The van der Waals surface area contributed by atoms with Crippen LogP contribution in [-0.2, 0) is 10.0 Å². The van der Waals surface area contributed by atoms with Crippen LogP contribution in [0.1, 0.15) is 13.3 Å². The second-order valence-corrected chi connectivity index (χ2v) is 5.77. The van der Waals surface area contributed by atoms with Crippen molar-refractivity contribution in [2.75, 3.05) is 6.61 Å². The monoisotopic (exact) mass is 313 g/mol. The van der Waals surface area contributed by atoms with E-state index in [1.807, 2.05) is 0 Å². The minimum Gasteiger partial charge on any atom is -0.406 e. The molecule has 20 heavy (non-hydrogen) atoms. The summed E-state index contributed by atoms with van der Waals surface area (Å²) < 4.78 is 65.5. The molecule has 0 bridgehead atoms. The maximum Gasteiger partial charge on any atom is 0.573 e. The minimum absolute atomic E-state index is 0.179. The molecule has 1 aromatic carbocycles. The summed E-state index contributed by atoms with van der Waals surface area (Å²) in [5.74, 6) is -0.500. The molecule has 9 heteroatoms. The number of alkyl halides is 3. The zero-order chi connectivity index (χ0) is 15.4. The fourth-order valence-corrected chi connectivity index (χ4v) is 2.68. The number of halogens is 3. The lowest BCUT2D eigenvalue weighted by Gasteiger charge is -2.13. The molecule has 2 N–H and O–H groups in total. The van der Waals surface area contributed by atoms with Crippen LogP contribution in [0.3, 0.4) is 0 Å². The van der Waals surface area contributed by atoms with Crippen molar-refractivity contribution in [3.05, 3.63) is 24.3 Å². The Morgan fingerprint density at radius 1 is 1.30 bits per heavy atom. The first kappa shape index (κ1) is 16.7. The van der Waals surface area contributed by atoms with Crippen LogP contribution in [0.25, 0.3) is 0 Å². The first-order valence-corrected chi connectivity index (χ1v) is 7.11. The third-order valence-electron chi connectivity index (χ3n) is 2.29. The van der Waals surface area contributed by atoms with Gasteiger partial charge < -0.3 is 9.84 Å². The van der Waals surface area contributed by atoms with Crippen LogP contribution in [0.15, 0.2) is 29.2 Å². The highest BCUT2D eigenvalue weighted by atomic mass is 32.2. The summed E-state index contributed by atoms with van der Waals surface area (Å²) in [5.41, 5.74) is 0. The Hall–Kier alpha value is -1.32. The molecule has 1 atom stereocenters. The average molecular weight is 313 g/mol. The second kappa shape index (κ2) is 6.42. The van der Waals surface area contributed by atoms with Crippen molar-refractivity contribution in [1.82, 2.24) is 4.72 Å². The number of aliphatic hydroxyl groups excluding tert-OH is 1. The Morgan fingerprint density at radius 3 is 2.30 bits per heavy atom. The molecule has 1 rings (SSSR count). The SMILES string of the molecule is CC(CCO)NS(=O)(=O)c1ccc(OC(F)(F)F)cc1. The molecule has 1 aromatic rings. The van der Waals surface area contributed by atoms with Crippen molar-refractivity contribution in [2.24, 2.45) is 0 Å². The predicted molar refractivity (Wildman–Crippen MR) is 64.6 cm³/mol. The van der Waals surface area contributed by atoms with Crippen LogP contribution >= 0.6 is 0 Å². The van der Waals surface area contributed by atoms with Gasteiger partial charge in [-0.3, -0.25) is 0 Å². The average Bonchev–Trinajstić information content (AvgIpc) is 2.26. The zero-order valence-corrected chi connectivity index (χ0v) is 11.3. The summed E-state index contributed by atoms with van der Waals surface area (Å²) in [6, 6.07) is 3.36. The smallest absolute Gasteiger partial charge is 0.406 e. The lowest BCUT2D eigenvalue weighted by molar-refractivity contribution is -0.274. The molecule has 114 valence electrons. The van der Waals surface area contributed by atoms with Gasteiger partial charge in [0.05, 0.1) is 4.90 Å². The van der Waals surface area contributed by atoms with Crippen molar-refractivity contribution in [3.63, 3.8) is 0 Å². The number of hydrogen-bond donors (Lipinski definition) is 2. The van der Waals surface area contributed by atoms with Crippen LogP contribution in [0, 0.1) is 0 Å². The molecule has 0 amide bonds. The summed E-state index contributed by atoms with van der Waals surface area (Å²) in [6.07, 6.45) is -4.59. The summed E-state index contributed by atoms with van der Waals surface area (Å²) in [7, 11) is -3.84. The highest BCUT2D eigenvalue weighted by molar-refractivity contribution is 7.89. The van der Waals surface area contributed by atoms with E-state index in [1.165, 1.54) is 0 Å². The number of aliphatic hydroxyl groups is 1. The van der Waals surface area contributed by atoms with Crippen LogP contribution in [0.4, 0.5) is 13.2 Å². The Kier molecular flexibility index (Phi) is 5.37. The molecule has 0 aromatic heterocycles. The molecule has 0 fully saturated rings. The van der Waals surface area contributed by atoms with E-state index in [2.05, 4.69) is 9.46 Å². The number of sulfonamides is 1. The van der Waals surface area contributed by atoms with E-state index in [0.29, 0.717) is 0 Å². The van der Waals surface area contributed by atoms with Crippen LogP contribution in [0.2, 0.25) is 0 Å². The summed E-state index contributed by atoms with van der Waals surface area (Å²) in [6.45, 7) is 1.39. The van der Waals surface area contributed by atoms with Crippen LogP contribution in [-0.4, -0.2) is 32.5 Å². The lowest BCUT2D eigenvalue weighted by Crippen LogP contribution is -2.33. The quantitative estimate of drug-likeness (QED) is 0.837. The topological polar surface area (TPSA) is 75.6 Å². The molecule has 0 aliphatic heterocycles. The number of ether oxygens (including phenoxy) is 1. The fraction of sp³-hybridized carbons (Fsp3) is 0.455. The van der Waals surface area contributed by atoms with Gasteiger partial charge in [-0.05, 0) is 37.6 Å². The first-order valence-electron chi connectivity index (χ1n) is 5.63. The number of hydrogen-bond acceptors (Lipinski definition) is 4. The van der Waals surface area contributed by atoms with Gasteiger partial charge in [0.25, 0.3) is 0 Å². The van der Waals surface area contributed by atoms with Gasteiger partial charge in [-0.2, -0.15) is 0 Å². The maximum atomic E-state index is 12.0.